The number of imide groups is 1. The molecule has 8 heteroatoms. The Morgan fingerprint density at radius 3 is 2.62 bits per heavy atom. The van der Waals surface area contributed by atoms with Crippen LogP contribution < -0.4 is 5.56 Å². The fraction of sp³-hybridized carbons (Fsp3) is 0.143. The van der Waals surface area contributed by atoms with Crippen molar-refractivity contribution >= 4 is 66.2 Å². The molecule has 0 spiro atoms. The van der Waals surface area contributed by atoms with Crippen molar-refractivity contribution in [1.82, 2.24) is 14.6 Å². The molecule has 0 bridgehead atoms. The van der Waals surface area contributed by atoms with Gasteiger partial charge in [-0.15, -0.1) is 0 Å². The molecule has 4 aromatic rings. The fourth-order valence-corrected chi connectivity index (χ4v) is 4.22. The molecule has 1 aliphatic rings. The van der Waals surface area contributed by atoms with E-state index >= 15 is 0 Å². The molecule has 1 aliphatic heterocycles. The van der Waals surface area contributed by atoms with Crippen LogP contribution in [0.5, 0.6) is 0 Å². The van der Waals surface area contributed by atoms with E-state index in [0.29, 0.717) is 16.7 Å². The molecular formula is C21H15BrN4O3. The highest BCUT2D eigenvalue weighted by molar-refractivity contribution is 9.10. The Hall–Kier alpha value is -3.26. The zero-order valence-corrected chi connectivity index (χ0v) is 17.0. The molecule has 5 rings (SSSR count). The molecule has 7 nitrogen and oxygen atoms in total. The summed E-state index contributed by atoms with van der Waals surface area (Å²) in [5, 5.41) is 8.00. The Morgan fingerprint density at radius 2 is 1.90 bits per heavy atom. The summed E-state index contributed by atoms with van der Waals surface area (Å²) in [5.74, 6) is -0.913. The second-order valence-corrected chi connectivity index (χ2v) is 8.00. The van der Waals surface area contributed by atoms with Gasteiger partial charge in [-0.25, -0.2) is 0 Å². The molecule has 2 aromatic carbocycles. The lowest BCUT2D eigenvalue weighted by atomic mass is 10.1. The molecule has 0 radical (unpaired) electrons. The maximum Gasteiger partial charge on any atom is 0.270 e. The van der Waals surface area contributed by atoms with Gasteiger partial charge in [0.25, 0.3) is 17.4 Å². The summed E-state index contributed by atoms with van der Waals surface area (Å²) in [4.78, 5) is 41.3. The summed E-state index contributed by atoms with van der Waals surface area (Å²) in [6.45, 7) is 1.41. The van der Waals surface area contributed by atoms with Crippen LogP contribution in [0.1, 0.15) is 13.3 Å². The number of halogens is 1. The third kappa shape index (κ3) is 2.71. The van der Waals surface area contributed by atoms with Crippen LogP contribution in [0.25, 0.3) is 32.7 Å². The molecule has 2 aromatic heterocycles. The molecule has 0 aliphatic carbocycles. The van der Waals surface area contributed by atoms with E-state index in [2.05, 4.69) is 26.0 Å². The Kier molecular flexibility index (Phi) is 3.92. The average Bonchev–Trinajstić information content (AvgIpc) is 3.24. The predicted molar refractivity (Wildman–Crippen MR) is 115 cm³/mol. The summed E-state index contributed by atoms with van der Waals surface area (Å²) in [6, 6.07) is 13.1. The first-order valence-corrected chi connectivity index (χ1v) is 9.85. The number of carbonyl (C=O) groups is 2. The van der Waals surface area contributed by atoms with Gasteiger partial charge in [-0.3, -0.25) is 19.0 Å². The van der Waals surface area contributed by atoms with Crippen LogP contribution in [-0.2, 0) is 16.1 Å². The van der Waals surface area contributed by atoms with Gasteiger partial charge < -0.3 is 4.98 Å². The lowest BCUT2D eigenvalue weighted by molar-refractivity contribution is -0.143. The lowest BCUT2D eigenvalue weighted by Gasteiger charge is -2.13. The minimum Gasteiger partial charge on any atom is -0.340 e. The van der Waals surface area contributed by atoms with E-state index in [4.69, 9.17) is 0 Å². The van der Waals surface area contributed by atoms with Gasteiger partial charge in [0.15, 0.2) is 0 Å². The quantitative estimate of drug-likeness (QED) is 0.506. The average molecular weight is 451 g/mol. The number of hydrogen-bond acceptors (Lipinski definition) is 4. The van der Waals surface area contributed by atoms with Gasteiger partial charge in [0.2, 0.25) is 0 Å². The van der Waals surface area contributed by atoms with Crippen LogP contribution in [-0.4, -0.2) is 32.1 Å². The van der Waals surface area contributed by atoms with Crippen molar-refractivity contribution in [3.8, 4) is 0 Å². The first-order chi connectivity index (χ1) is 13.9. The van der Waals surface area contributed by atoms with Crippen molar-refractivity contribution in [2.75, 3.05) is 0 Å². The van der Waals surface area contributed by atoms with Crippen molar-refractivity contribution in [1.29, 1.82) is 0 Å². The topological polar surface area (TPSA) is 87.5 Å². The summed E-state index contributed by atoms with van der Waals surface area (Å²) >= 11 is 3.50. The standard InChI is InChI=1S/C21H15BrN4O3/c1-11-8-17(27)26(24-11)18(28)10-25-20-19(13-4-2-3-5-14(13)21(25)29)15-9-12(22)6-7-16(15)23-20/h2-7,9,23H,8,10H2,1H3. The Balaban J connectivity index is 1.79. The Morgan fingerprint density at radius 1 is 1.14 bits per heavy atom. The predicted octanol–water partition coefficient (Wildman–Crippen LogP) is 3.53. The number of nitrogens with zero attached hydrogens (tertiary/aromatic N) is 3. The first-order valence-electron chi connectivity index (χ1n) is 9.06. The number of carbonyl (C=O) groups excluding carboxylic acids is 2. The molecule has 144 valence electrons. The van der Waals surface area contributed by atoms with Crippen LogP contribution in [0.4, 0.5) is 0 Å². The van der Waals surface area contributed by atoms with Crippen LogP contribution in [0.2, 0.25) is 0 Å². The number of aromatic nitrogens is 2. The van der Waals surface area contributed by atoms with Gasteiger partial charge in [0.1, 0.15) is 12.2 Å². The van der Waals surface area contributed by atoms with Crippen LogP contribution in [0.15, 0.2) is 56.8 Å². The first kappa shape index (κ1) is 17.8. The number of aromatic amines is 1. The van der Waals surface area contributed by atoms with E-state index in [1.54, 1.807) is 19.1 Å². The number of benzene rings is 2. The maximum atomic E-state index is 13.2. The van der Waals surface area contributed by atoms with Gasteiger partial charge in [-0.2, -0.15) is 10.1 Å². The smallest absolute Gasteiger partial charge is 0.270 e. The van der Waals surface area contributed by atoms with Gasteiger partial charge in [-0.05, 0) is 36.6 Å². The SMILES string of the molecule is CC1=NN(C(=O)Cn2c(=O)c3ccccc3c3c4cc(Br)ccc4[nH]c32)C(=O)C1. The number of H-pyrrole nitrogens is 1. The summed E-state index contributed by atoms with van der Waals surface area (Å²) in [5.41, 5.74) is 1.68. The van der Waals surface area contributed by atoms with Gasteiger partial charge in [-0.1, -0.05) is 34.1 Å². The fourth-order valence-electron chi connectivity index (χ4n) is 3.86. The minimum absolute atomic E-state index is 0.119. The van der Waals surface area contributed by atoms with E-state index in [9.17, 15) is 14.4 Å². The number of hydrazone groups is 1. The van der Waals surface area contributed by atoms with Crippen LogP contribution in [0, 0.1) is 0 Å². The normalized spacial score (nSPS) is 14.3. The third-order valence-corrected chi connectivity index (χ3v) is 5.62. The van der Waals surface area contributed by atoms with E-state index in [1.807, 2.05) is 30.3 Å². The zero-order chi connectivity index (χ0) is 20.3. The molecule has 29 heavy (non-hydrogen) atoms. The van der Waals surface area contributed by atoms with E-state index in [0.717, 1.165) is 31.2 Å². The second kappa shape index (κ2) is 6.38. The summed E-state index contributed by atoms with van der Waals surface area (Å²) in [7, 11) is 0. The summed E-state index contributed by atoms with van der Waals surface area (Å²) < 4.78 is 2.31. The van der Waals surface area contributed by atoms with E-state index in [-0.39, 0.29) is 24.4 Å². The maximum absolute atomic E-state index is 13.2. The van der Waals surface area contributed by atoms with Crippen molar-refractivity contribution in [2.45, 2.75) is 19.9 Å². The van der Waals surface area contributed by atoms with E-state index < -0.39 is 5.91 Å². The molecule has 0 atom stereocenters. The van der Waals surface area contributed by atoms with Crippen LogP contribution >= 0.6 is 15.9 Å². The Labute approximate surface area is 172 Å². The number of hydrogen-bond donors (Lipinski definition) is 1. The molecule has 0 fully saturated rings. The lowest BCUT2D eigenvalue weighted by Crippen LogP contribution is -2.35. The number of nitrogens with one attached hydrogen (secondary N) is 1. The number of pyridine rings is 1. The summed E-state index contributed by atoms with van der Waals surface area (Å²) in [6.07, 6.45) is 0.119. The van der Waals surface area contributed by atoms with E-state index in [1.165, 1.54) is 4.57 Å². The zero-order valence-electron chi connectivity index (χ0n) is 15.4. The molecule has 0 saturated carbocycles. The highest BCUT2D eigenvalue weighted by Gasteiger charge is 2.28. The van der Waals surface area contributed by atoms with Crippen molar-refractivity contribution in [3.63, 3.8) is 0 Å². The Bertz CT molecular complexity index is 1450. The van der Waals surface area contributed by atoms with Gasteiger partial charge in [0.05, 0.1) is 6.42 Å². The van der Waals surface area contributed by atoms with Crippen molar-refractivity contribution < 1.29 is 9.59 Å². The van der Waals surface area contributed by atoms with Crippen molar-refractivity contribution in [2.24, 2.45) is 5.10 Å². The molecular weight excluding hydrogens is 436 g/mol. The molecule has 3 heterocycles. The second-order valence-electron chi connectivity index (χ2n) is 7.09. The molecule has 2 amide bonds. The monoisotopic (exact) mass is 450 g/mol. The minimum atomic E-state index is -0.537. The largest absolute Gasteiger partial charge is 0.340 e. The van der Waals surface area contributed by atoms with Gasteiger partial charge >= 0.3 is 0 Å². The van der Waals surface area contributed by atoms with Gasteiger partial charge in [0, 0.05) is 31.9 Å². The number of amides is 2. The van der Waals surface area contributed by atoms with Crippen molar-refractivity contribution in [3.05, 3.63) is 57.3 Å². The molecule has 0 unspecified atom stereocenters. The highest BCUT2D eigenvalue weighted by Crippen LogP contribution is 2.32. The van der Waals surface area contributed by atoms with Crippen LogP contribution in [0.3, 0.4) is 0 Å². The third-order valence-electron chi connectivity index (χ3n) is 5.13. The number of rotatable bonds is 2. The highest BCUT2D eigenvalue weighted by atomic mass is 79.9. The molecule has 0 saturated heterocycles. The number of fused-ring (bicyclic) bond motifs is 5. The molecule has 1 N–H and O–H groups in total.